The number of halogens is 3. The van der Waals surface area contributed by atoms with Gasteiger partial charge in [0.2, 0.25) is 15.6 Å². The van der Waals surface area contributed by atoms with Crippen LogP contribution in [0.15, 0.2) is 0 Å². The monoisotopic (exact) mass is 413 g/mol. The number of fused-ring (bicyclic) bond motifs is 1. The highest BCUT2D eigenvalue weighted by Crippen LogP contribution is 2.42. The summed E-state index contributed by atoms with van der Waals surface area (Å²) in [6.45, 7) is 1.46. The number of nitriles is 1. The minimum Gasteiger partial charge on any atom is -0.461 e. The topological polar surface area (TPSA) is 99.5 Å². The Morgan fingerprint density at radius 3 is 2.79 bits per heavy atom. The largest absolute Gasteiger partial charge is 0.461 e. The normalized spacial score (nSPS) is 29.1. The van der Waals surface area contributed by atoms with Crippen LogP contribution in [0.25, 0.3) is 0 Å². The number of carbonyl (C=O) groups is 3. The Hall–Kier alpha value is -0.880. The summed E-state index contributed by atoms with van der Waals surface area (Å²) in [5.41, 5.74) is -0.922. The highest BCUT2D eigenvalue weighted by atomic mass is 35.6. The molecule has 2 saturated heterocycles. The average Bonchev–Trinajstić information content (AvgIpc) is 2.50. The lowest BCUT2D eigenvalue weighted by Gasteiger charge is -2.53. The van der Waals surface area contributed by atoms with Crippen molar-refractivity contribution in [3.05, 3.63) is 0 Å². The number of ether oxygens (including phenoxy) is 1. The van der Waals surface area contributed by atoms with Crippen LogP contribution < -0.4 is 5.32 Å². The van der Waals surface area contributed by atoms with Crippen molar-refractivity contribution in [1.82, 2.24) is 10.2 Å². The third kappa shape index (κ3) is 4.20. The van der Waals surface area contributed by atoms with Crippen LogP contribution in [-0.4, -0.2) is 56.8 Å². The van der Waals surface area contributed by atoms with Gasteiger partial charge in [-0.3, -0.25) is 14.4 Å². The quantitative estimate of drug-likeness (QED) is 0.422. The zero-order valence-corrected chi connectivity index (χ0v) is 15.6. The Kier molecular flexibility index (Phi) is 5.80. The highest BCUT2D eigenvalue weighted by Gasteiger charge is 2.56. The number of hydrogen-bond donors (Lipinski definition) is 1. The first-order chi connectivity index (χ1) is 11.1. The van der Waals surface area contributed by atoms with Crippen molar-refractivity contribution in [2.24, 2.45) is 5.41 Å². The summed E-state index contributed by atoms with van der Waals surface area (Å²) < 4.78 is 3.33. The van der Waals surface area contributed by atoms with E-state index >= 15 is 0 Å². The molecule has 0 saturated carbocycles. The molecular weight excluding hydrogens is 401 g/mol. The van der Waals surface area contributed by atoms with E-state index in [1.54, 1.807) is 13.0 Å². The van der Waals surface area contributed by atoms with E-state index in [4.69, 9.17) is 44.8 Å². The molecule has 2 unspecified atom stereocenters. The van der Waals surface area contributed by atoms with Crippen molar-refractivity contribution < 1.29 is 19.1 Å². The van der Waals surface area contributed by atoms with E-state index in [1.807, 2.05) is 0 Å². The van der Waals surface area contributed by atoms with E-state index in [-0.39, 0.29) is 30.9 Å². The lowest BCUT2D eigenvalue weighted by molar-refractivity contribution is -0.161. The molecule has 2 amide bonds. The van der Waals surface area contributed by atoms with E-state index in [9.17, 15) is 14.4 Å². The lowest BCUT2D eigenvalue weighted by atomic mass is 9.89. The summed E-state index contributed by atoms with van der Waals surface area (Å²) in [6.07, 6.45) is -0.303. The number of carbonyl (C=O) groups excluding carboxylic acids is 3. The van der Waals surface area contributed by atoms with Crippen LogP contribution >= 0.6 is 46.6 Å². The van der Waals surface area contributed by atoms with Gasteiger partial charge in [-0.05, 0) is 6.92 Å². The van der Waals surface area contributed by atoms with Gasteiger partial charge in [0.05, 0.1) is 11.5 Å². The van der Waals surface area contributed by atoms with Crippen LogP contribution in [0.5, 0.6) is 0 Å². The van der Waals surface area contributed by atoms with E-state index in [1.165, 1.54) is 16.7 Å². The van der Waals surface area contributed by atoms with E-state index < -0.39 is 27.1 Å². The van der Waals surface area contributed by atoms with Crippen LogP contribution in [0.1, 0.15) is 13.3 Å². The fourth-order valence-electron chi connectivity index (χ4n) is 2.44. The molecule has 11 heteroatoms. The van der Waals surface area contributed by atoms with Gasteiger partial charge in [-0.15, -0.1) is 11.8 Å². The first-order valence-electron chi connectivity index (χ1n) is 6.90. The minimum atomic E-state index is -1.70. The molecule has 0 aromatic heterocycles. The van der Waals surface area contributed by atoms with Gasteiger partial charge in [0.25, 0.3) is 0 Å². The number of amides is 2. The summed E-state index contributed by atoms with van der Waals surface area (Å²) >= 11 is 18.0. The predicted octanol–water partition coefficient (Wildman–Crippen LogP) is 1.22. The molecule has 7 nitrogen and oxygen atoms in total. The summed E-state index contributed by atoms with van der Waals surface area (Å²) in [7, 11) is 0. The van der Waals surface area contributed by atoms with Crippen molar-refractivity contribution in [3.63, 3.8) is 0 Å². The minimum absolute atomic E-state index is 0.160. The number of β-lactam (4-membered cyclic amide) rings is 1. The van der Waals surface area contributed by atoms with Gasteiger partial charge in [0.15, 0.2) is 0 Å². The first kappa shape index (κ1) is 19.4. The Morgan fingerprint density at radius 2 is 2.21 bits per heavy atom. The van der Waals surface area contributed by atoms with Crippen LogP contribution in [-0.2, 0) is 19.1 Å². The Labute approximate surface area is 157 Å². The zero-order chi connectivity index (χ0) is 18.1. The molecule has 0 aromatic carbocycles. The predicted molar refractivity (Wildman–Crippen MR) is 89.5 cm³/mol. The maximum Gasteiger partial charge on any atom is 0.314 e. The van der Waals surface area contributed by atoms with Crippen LogP contribution in [0, 0.1) is 16.7 Å². The van der Waals surface area contributed by atoms with E-state index in [2.05, 4.69) is 5.32 Å². The number of alkyl halides is 3. The smallest absolute Gasteiger partial charge is 0.314 e. The molecule has 0 aliphatic carbocycles. The highest BCUT2D eigenvalue weighted by molar-refractivity contribution is 8.00. The second kappa shape index (κ2) is 7.16. The second-order valence-electron chi connectivity index (χ2n) is 5.80. The maximum atomic E-state index is 12.2. The third-order valence-electron chi connectivity index (χ3n) is 3.65. The molecule has 24 heavy (non-hydrogen) atoms. The number of thioether (sulfide) groups is 1. The maximum absolute atomic E-state index is 12.2. The van der Waals surface area contributed by atoms with Gasteiger partial charge in [0, 0.05) is 12.3 Å². The molecule has 132 valence electrons. The van der Waals surface area contributed by atoms with Crippen molar-refractivity contribution in [1.29, 1.82) is 5.26 Å². The molecular formula is C13H14Cl3N3O4S. The number of rotatable bonds is 4. The first-order valence-corrected chi connectivity index (χ1v) is 9.08. The molecule has 2 aliphatic heterocycles. The van der Waals surface area contributed by atoms with Gasteiger partial charge in [-0.2, -0.15) is 5.26 Å². The Bertz CT molecular complexity index is 606. The molecule has 1 N–H and O–H groups in total. The third-order valence-corrected chi connectivity index (χ3v) is 5.65. The molecule has 2 heterocycles. The zero-order valence-electron chi connectivity index (χ0n) is 12.6. The SMILES string of the molecule is CC1(C(=O)OCC(Cl)(Cl)Cl)CS[C@@H]2C(NC(=O)CC#N)C(=O)N2C1. The van der Waals surface area contributed by atoms with Gasteiger partial charge < -0.3 is 15.0 Å². The van der Waals surface area contributed by atoms with Crippen molar-refractivity contribution in [3.8, 4) is 6.07 Å². The van der Waals surface area contributed by atoms with Gasteiger partial charge in [0.1, 0.15) is 24.4 Å². The molecule has 0 aromatic rings. The van der Waals surface area contributed by atoms with Crippen molar-refractivity contribution >= 4 is 64.3 Å². The van der Waals surface area contributed by atoms with Crippen LogP contribution in [0.2, 0.25) is 0 Å². The Morgan fingerprint density at radius 1 is 1.54 bits per heavy atom. The summed E-state index contributed by atoms with van der Waals surface area (Å²) in [5.74, 6) is -0.944. The molecule has 2 fully saturated rings. The molecule has 0 radical (unpaired) electrons. The van der Waals surface area contributed by atoms with Crippen molar-refractivity contribution in [2.75, 3.05) is 18.9 Å². The fraction of sp³-hybridized carbons (Fsp3) is 0.692. The van der Waals surface area contributed by atoms with Gasteiger partial charge in [-0.25, -0.2) is 0 Å². The molecule has 0 spiro atoms. The van der Waals surface area contributed by atoms with Crippen molar-refractivity contribution in [2.45, 2.75) is 28.6 Å². The molecule has 3 atom stereocenters. The number of esters is 1. The lowest BCUT2D eigenvalue weighted by Crippen LogP contribution is -2.73. The number of nitrogens with zero attached hydrogens (tertiary/aromatic N) is 2. The standard InChI is InChI=1S/C13H14Cl3N3O4S/c1-12(11(22)23-5-13(14,15)16)4-19-9(21)8(10(19)24-6-12)18-7(20)2-3-17/h8,10H,2,4-6H2,1H3,(H,18,20)/t8?,10-,12?/m1/s1. The molecule has 2 aliphatic rings. The average molecular weight is 415 g/mol. The van der Waals surface area contributed by atoms with Crippen LogP contribution in [0.4, 0.5) is 0 Å². The summed E-state index contributed by atoms with van der Waals surface area (Å²) in [5, 5.41) is 10.8. The Balaban J connectivity index is 1.94. The van der Waals surface area contributed by atoms with Crippen LogP contribution in [0.3, 0.4) is 0 Å². The molecule has 0 bridgehead atoms. The number of hydrogen-bond acceptors (Lipinski definition) is 6. The fourth-order valence-corrected chi connectivity index (χ4v) is 4.09. The summed E-state index contributed by atoms with van der Waals surface area (Å²) in [6, 6.07) is 1.06. The second-order valence-corrected chi connectivity index (χ2v) is 9.42. The van der Waals surface area contributed by atoms with E-state index in [0.29, 0.717) is 5.75 Å². The number of nitrogens with one attached hydrogen (secondary N) is 1. The van der Waals surface area contributed by atoms with Gasteiger partial charge in [-0.1, -0.05) is 34.8 Å². The van der Waals surface area contributed by atoms with Gasteiger partial charge >= 0.3 is 5.97 Å². The van der Waals surface area contributed by atoms with E-state index in [0.717, 1.165) is 0 Å². The molecule has 2 rings (SSSR count). The summed E-state index contributed by atoms with van der Waals surface area (Å²) in [4.78, 5) is 37.4.